The molecule has 0 aliphatic heterocycles. The summed E-state index contributed by atoms with van der Waals surface area (Å²) in [6.07, 6.45) is 3.87. The van der Waals surface area contributed by atoms with Crippen LogP contribution in [0.2, 0.25) is 16.6 Å². The summed E-state index contributed by atoms with van der Waals surface area (Å²) in [7, 11) is -2.00. The van der Waals surface area contributed by atoms with Crippen molar-refractivity contribution in [1.29, 1.82) is 0 Å². The van der Waals surface area contributed by atoms with Crippen LogP contribution < -0.4 is 0 Å². The Kier molecular flexibility index (Phi) is 4.28. The molecule has 5 fully saturated rings. The largest absolute Gasteiger partial charge is 0.409 e. The average Bonchev–Trinajstić information content (AvgIpc) is 3.07. The number of aliphatic hydroxyl groups is 2. The van der Waals surface area contributed by atoms with Gasteiger partial charge in [-0.15, -0.1) is 0 Å². The van der Waals surface area contributed by atoms with Crippen LogP contribution in [0.25, 0.3) is 0 Å². The van der Waals surface area contributed by atoms with E-state index in [1.54, 1.807) is 0 Å². The van der Waals surface area contributed by atoms with Gasteiger partial charge in [0.25, 0.3) is 0 Å². The second-order valence-electron chi connectivity index (χ2n) is 12.8. The highest BCUT2D eigenvalue weighted by Crippen LogP contribution is 2.83. The summed E-state index contributed by atoms with van der Waals surface area (Å²) in [4.78, 5) is 0. The Bertz CT molecular complexity index is 719. The number of aliphatic hydroxyl groups excluding tert-OH is 2. The fourth-order valence-corrected chi connectivity index (χ4v) is 15.3. The molecule has 0 aromatic carbocycles. The zero-order chi connectivity index (χ0) is 21.3. The van der Waals surface area contributed by atoms with Crippen molar-refractivity contribution in [3.8, 4) is 0 Å². The van der Waals surface area contributed by atoms with E-state index in [4.69, 9.17) is 4.43 Å². The zero-order valence-corrected chi connectivity index (χ0v) is 20.6. The standard InChI is InChI=1S/C25H42O3Si/c1-12(2)29(13(3)4,14(5)6)28-23-18-9-15-17-10-16-19(22(27)21(15)26)20(16)25(17,18)11-24(23,7)8/h9,12-17,19-23,26-27H,10-11H2,1-8H3/t15-,16+,17-,19-,20-,21+,22-,23-,25-/m0/s1. The van der Waals surface area contributed by atoms with Crippen molar-refractivity contribution in [3.05, 3.63) is 11.6 Å². The second kappa shape index (κ2) is 5.99. The van der Waals surface area contributed by atoms with Gasteiger partial charge in [-0.05, 0) is 64.1 Å². The average molecular weight is 419 g/mol. The first-order chi connectivity index (χ1) is 13.4. The van der Waals surface area contributed by atoms with E-state index >= 15 is 0 Å². The summed E-state index contributed by atoms with van der Waals surface area (Å²) >= 11 is 0. The molecular formula is C25H42O3Si. The molecule has 0 radical (unpaired) electrons. The molecule has 6 aliphatic carbocycles. The molecule has 29 heavy (non-hydrogen) atoms. The fraction of sp³-hybridized carbons (Fsp3) is 0.920. The Morgan fingerprint density at radius 1 is 1.00 bits per heavy atom. The lowest BCUT2D eigenvalue weighted by Crippen LogP contribution is -2.52. The van der Waals surface area contributed by atoms with E-state index in [0.29, 0.717) is 40.3 Å². The van der Waals surface area contributed by atoms with Gasteiger partial charge in [0.2, 0.25) is 8.32 Å². The van der Waals surface area contributed by atoms with Crippen LogP contribution in [0.15, 0.2) is 11.6 Å². The van der Waals surface area contributed by atoms with Gasteiger partial charge in [0.15, 0.2) is 0 Å². The van der Waals surface area contributed by atoms with E-state index < -0.39 is 20.5 Å². The van der Waals surface area contributed by atoms with Crippen molar-refractivity contribution in [2.75, 3.05) is 0 Å². The molecule has 2 N–H and O–H groups in total. The molecule has 3 nitrogen and oxygen atoms in total. The van der Waals surface area contributed by atoms with Crippen molar-refractivity contribution in [2.45, 2.75) is 103 Å². The van der Waals surface area contributed by atoms with Gasteiger partial charge in [-0.25, -0.2) is 0 Å². The van der Waals surface area contributed by atoms with Crippen molar-refractivity contribution in [3.63, 3.8) is 0 Å². The summed E-state index contributed by atoms with van der Waals surface area (Å²) in [5, 5.41) is 21.8. The third-order valence-electron chi connectivity index (χ3n) is 10.3. The summed E-state index contributed by atoms with van der Waals surface area (Å²) in [6.45, 7) is 19.1. The molecule has 4 heteroatoms. The van der Waals surface area contributed by atoms with E-state index in [2.05, 4.69) is 61.5 Å². The highest BCUT2D eigenvalue weighted by Gasteiger charge is 2.81. The van der Waals surface area contributed by atoms with E-state index in [1.165, 1.54) is 18.4 Å². The van der Waals surface area contributed by atoms with Crippen LogP contribution in [-0.4, -0.2) is 36.8 Å². The van der Waals surface area contributed by atoms with Crippen LogP contribution in [0.1, 0.15) is 68.2 Å². The van der Waals surface area contributed by atoms with Gasteiger partial charge in [0, 0.05) is 11.3 Å². The lowest BCUT2D eigenvalue weighted by Gasteiger charge is -2.47. The highest BCUT2D eigenvalue weighted by molar-refractivity contribution is 6.77. The van der Waals surface area contributed by atoms with Gasteiger partial charge in [0.1, 0.15) is 0 Å². The minimum absolute atomic E-state index is 0.119. The first-order valence-corrected chi connectivity index (χ1v) is 14.3. The van der Waals surface area contributed by atoms with Gasteiger partial charge >= 0.3 is 0 Å². The maximum Gasteiger partial charge on any atom is 0.201 e. The Morgan fingerprint density at radius 2 is 1.59 bits per heavy atom. The molecule has 6 bridgehead atoms. The summed E-state index contributed by atoms with van der Waals surface area (Å²) in [5.41, 5.74) is 3.58. The maximum absolute atomic E-state index is 11.0. The zero-order valence-electron chi connectivity index (χ0n) is 19.6. The Morgan fingerprint density at radius 3 is 2.14 bits per heavy atom. The summed E-state index contributed by atoms with van der Waals surface area (Å²) in [5.74, 6) is 2.20. The molecule has 0 unspecified atom stereocenters. The predicted octanol–water partition coefficient (Wildman–Crippen LogP) is 5.14. The normalized spacial score (nSPS) is 49.1. The Labute approximate surface area is 178 Å². The third-order valence-corrected chi connectivity index (χ3v) is 16.4. The third kappa shape index (κ3) is 2.25. The monoisotopic (exact) mass is 418 g/mol. The topological polar surface area (TPSA) is 49.7 Å². The first kappa shape index (κ1) is 20.7. The molecule has 0 amide bonds. The van der Waals surface area contributed by atoms with Crippen molar-refractivity contribution in [1.82, 2.24) is 0 Å². The molecule has 1 spiro atoms. The lowest BCUT2D eigenvalue weighted by molar-refractivity contribution is -0.0176. The number of fused-ring (bicyclic) bond motifs is 1. The van der Waals surface area contributed by atoms with E-state index in [1.807, 2.05) is 0 Å². The summed E-state index contributed by atoms with van der Waals surface area (Å²) in [6, 6.07) is 0. The molecule has 6 aliphatic rings. The molecule has 164 valence electrons. The number of rotatable bonds is 5. The van der Waals surface area contributed by atoms with Crippen molar-refractivity contribution >= 4 is 8.32 Å². The van der Waals surface area contributed by atoms with Gasteiger partial charge in [0.05, 0.1) is 18.3 Å². The van der Waals surface area contributed by atoms with Gasteiger partial charge < -0.3 is 14.6 Å². The number of hydrogen-bond donors (Lipinski definition) is 2. The maximum atomic E-state index is 11.0. The molecule has 5 saturated carbocycles. The van der Waals surface area contributed by atoms with Crippen LogP contribution in [0.5, 0.6) is 0 Å². The molecular weight excluding hydrogens is 376 g/mol. The van der Waals surface area contributed by atoms with Crippen molar-refractivity contribution < 1.29 is 14.6 Å². The van der Waals surface area contributed by atoms with Crippen LogP contribution in [0.4, 0.5) is 0 Å². The molecule has 9 atom stereocenters. The van der Waals surface area contributed by atoms with Crippen LogP contribution in [0, 0.1) is 40.4 Å². The molecule has 0 aromatic rings. The molecule has 0 heterocycles. The van der Waals surface area contributed by atoms with E-state index in [0.717, 1.165) is 0 Å². The SMILES string of the molecule is CC(C)[Si](O[C@H]1C2=C[C@@H]3[C@@H](O)[C@@H](O)[C@H]4[C@H]5C[C@@H]3[C@]2(CC1(C)C)[C@@H]54)(C(C)C)C(C)C. The fourth-order valence-electron chi connectivity index (χ4n) is 9.61. The van der Waals surface area contributed by atoms with Crippen LogP contribution in [-0.2, 0) is 4.43 Å². The minimum atomic E-state index is -2.00. The minimum Gasteiger partial charge on any atom is -0.409 e. The van der Waals surface area contributed by atoms with Gasteiger partial charge in [-0.3, -0.25) is 0 Å². The molecule has 0 aromatic heterocycles. The smallest absolute Gasteiger partial charge is 0.201 e. The van der Waals surface area contributed by atoms with Crippen LogP contribution in [0.3, 0.4) is 0 Å². The lowest BCUT2D eigenvalue weighted by atomic mass is 9.69. The second-order valence-corrected chi connectivity index (χ2v) is 18.2. The quantitative estimate of drug-likeness (QED) is 0.480. The Hall–Kier alpha value is -0.163. The highest BCUT2D eigenvalue weighted by atomic mass is 28.4. The first-order valence-electron chi connectivity index (χ1n) is 12.2. The van der Waals surface area contributed by atoms with E-state index in [9.17, 15) is 10.2 Å². The Balaban J connectivity index is 1.60. The van der Waals surface area contributed by atoms with Gasteiger partial charge in [-0.1, -0.05) is 61.5 Å². The van der Waals surface area contributed by atoms with Gasteiger partial charge in [-0.2, -0.15) is 0 Å². The van der Waals surface area contributed by atoms with E-state index in [-0.39, 0.29) is 22.9 Å². The summed E-state index contributed by atoms with van der Waals surface area (Å²) < 4.78 is 7.48. The molecule has 6 rings (SSSR count). The number of hydrogen-bond acceptors (Lipinski definition) is 3. The predicted molar refractivity (Wildman–Crippen MR) is 119 cm³/mol. The van der Waals surface area contributed by atoms with Crippen LogP contribution >= 0.6 is 0 Å². The molecule has 0 saturated heterocycles. The van der Waals surface area contributed by atoms with Crippen molar-refractivity contribution in [2.24, 2.45) is 40.4 Å².